The van der Waals surface area contributed by atoms with Crippen LogP contribution >= 0.6 is 11.3 Å². The Morgan fingerprint density at radius 1 is 1.53 bits per heavy atom. The number of benzene rings is 1. The monoisotopic (exact) mass is 275 g/mol. The maximum Gasteiger partial charge on any atom is 0.355 e. The fraction of sp³-hybridized carbons (Fsp3) is 0.143. The third-order valence-corrected chi connectivity index (χ3v) is 3.29. The van der Waals surface area contributed by atoms with Crippen LogP contribution in [-0.2, 0) is 11.3 Å². The lowest BCUT2D eigenvalue weighted by Gasteiger charge is -2.03. The van der Waals surface area contributed by atoms with E-state index in [9.17, 15) is 4.79 Å². The van der Waals surface area contributed by atoms with Gasteiger partial charge < -0.3 is 9.84 Å². The molecule has 0 aliphatic rings. The van der Waals surface area contributed by atoms with Crippen molar-refractivity contribution in [3.05, 3.63) is 53.6 Å². The summed E-state index contributed by atoms with van der Waals surface area (Å²) in [5.74, 6) is -1.01. The minimum atomic E-state index is -1.01. The van der Waals surface area contributed by atoms with Gasteiger partial charge in [-0.1, -0.05) is 24.3 Å². The number of carboxylic acid groups (broad SMARTS) is 1. The molecule has 0 saturated heterocycles. The molecule has 0 atom stereocenters. The van der Waals surface area contributed by atoms with E-state index in [1.807, 2.05) is 24.3 Å². The average molecular weight is 275 g/mol. The zero-order valence-electron chi connectivity index (χ0n) is 10.2. The van der Waals surface area contributed by atoms with Crippen molar-refractivity contribution in [3.63, 3.8) is 0 Å². The van der Waals surface area contributed by atoms with Crippen LogP contribution in [0.3, 0.4) is 0 Å². The molecule has 19 heavy (non-hydrogen) atoms. The normalized spacial score (nSPS) is 10.3. The van der Waals surface area contributed by atoms with E-state index in [-0.39, 0.29) is 5.69 Å². The topological polar surface area (TPSA) is 59.4 Å². The Morgan fingerprint density at radius 3 is 3.05 bits per heavy atom. The Bertz CT molecular complexity index is 592. The van der Waals surface area contributed by atoms with Crippen LogP contribution in [-0.4, -0.2) is 22.7 Å². The summed E-state index contributed by atoms with van der Waals surface area (Å²) >= 11 is 1.32. The Balaban J connectivity index is 2.17. The number of hydrogen-bond donors (Lipinski definition) is 1. The average Bonchev–Trinajstić information content (AvgIpc) is 2.89. The summed E-state index contributed by atoms with van der Waals surface area (Å²) in [6, 6.07) is 7.72. The molecule has 0 unspecified atom stereocenters. The quantitative estimate of drug-likeness (QED) is 0.649. The van der Waals surface area contributed by atoms with Crippen molar-refractivity contribution in [1.29, 1.82) is 0 Å². The van der Waals surface area contributed by atoms with Crippen LogP contribution in [0, 0.1) is 0 Å². The highest BCUT2D eigenvalue weighted by Gasteiger charge is 2.10. The van der Waals surface area contributed by atoms with Gasteiger partial charge in [-0.15, -0.1) is 17.9 Å². The van der Waals surface area contributed by atoms with Gasteiger partial charge in [0.15, 0.2) is 5.69 Å². The second kappa shape index (κ2) is 6.26. The summed E-state index contributed by atoms with van der Waals surface area (Å²) in [4.78, 5) is 14.9. The summed E-state index contributed by atoms with van der Waals surface area (Å²) in [5, 5.41) is 11.1. The Labute approximate surface area is 115 Å². The first kappa shape index (κ1) is 13.5. The van der Waals surface area contributed by atoms with E-state index < -0.39 is 5.97 Å². The van der Waals surface area contributed by atoms with Gasteiger partial charge in [0.25, 0.3) is 0 Å². The molecule has 0 fully saturated rings. The molecule has 4 nitrogen and oxygen atoms in total. The summed E-state index contributed by atoms with van der Waals surface area (Å²) in [6.07, 6.45) is 1.70. The first-order chi connectivity index (χ1) is 9.20. The maximum absolute atomic E-state index is 10.8. The Kier molecular flexibility index (Phi) is 4.43. The molecule has 2 aromatic rings. The predicted molar refractivity (Wildman–Crippen MR) is 74.4 cm³/mol. The summed E-state index contributed by atoms with van der Waals surface area (Å²) < 4.78 is 5.37. The van der Waals surface area contributed by atoms with Crippen LogP contribution in [0.5, 0.6) is 0 Å². The third kappa shape index (κ3) is 3.49. The molecule has 5 heteroatoms. The van der Waals surface area contributed by atoms with Crippen LogP contribution in [0.25, 0.3) is 10.6 Å². The van der Waals surface area contributed by atoms with Crippen molar-refractivity contribution >= 4 is 17.3 Å². The van der Waals surface area contributed by atoms with Crippen molar-refractivity contribution in [2.45, 2.75) is 6.61 Å². The van der Waals surface area contributed by atoms with Crippen LogP contribution in [0.2, 0.25) is 0 Å². The molecule has 0 bridgehead atoms. The van der Waals surface area contributed by atoms with Crippen molar-refractivity contribution in [2.75, 3.05) is 6.61 Å². The van der Waals surface area contributed by atoms with E-state index in [0.29, 0.717) is 18.2 Å². The minimum Gasteiger partial charge on any atom is -0.476 e. The maximum atomic E-state index is 10.8. The molecule has 1 N–H and O–H groups in total. The van der Waals surface area contributed by atoms with Gasteiger partial charge in [0, 0.05) is 10.9 Å². The highest BCUT2D eigenvalue weighted by Crippen LogP contribution is 2.24. The van der Waals surface area contributed by atoms with E-state index in [1.54, 1.807) is 11.5 Å². The molecular weight excluding hydrogens is 262 g/mol. The van der Waals surface area contributed by atoms with Gasteiger partial charge in [0.05, 0.1) is 13.2 Å². The number of aromatic carboxylic acids is 1. The first-order valence-corrected chi connectivity index (χ1v) is 6.55. The molecule has 0 radical (unpaired) electrons. The summed E-state index contributed by atoms with van der Waals surface area (Å²) in [6.45, 7) is 4.59. The highest BCUT2D eigenvalue weighted by molar-refractivity contribution is 7.13. The van der Waals surface area contributed by atoms with Gasteiger partial charge >= 0.3 is 5.97 Å². The molecule has 0 aliphatic heterocycles. The Hall–Kier alpha value is -1.98. The molecule has 1 aromatic heterocycles. The van der Waals surface area contributed by atoms with Crippen molar-refractivity contribution < 1.29 is 14.6 Å². The molecule has 1 aromatic carbocycles. The number of carboxylic acids is 1. The third-order valence-electron chi connectivity index (χ3n) is 2.40. The second-order valence-electron chi connectivity index (χ2n) is 3.85. The van der Waals surface area contributed by atoms with Crippen LogP contribution in [0.1, 0.15) is 16.1 Å². The first-order valence-electron chi connectivity index (χ1n) is 5.67. The molecule has 98 valence electrons. The van der Waals surface area contributed by atoms with Crippen LogP contribution in [0.4, 0.5) is 0 Å². The lowest BCUT2D eigenvalue weighted by Crippen LogP contribution is -1.96. The van der Waals surface area contributed by atoms with Gasteiger partial charge in [-0.3, -0.25) is 0 Å². The Morgan fingerprint density at radius 2 is 2.37 bits per heavy atom. The molecule has 2 rings (SSSR count). The molecule has 0 aliphatic carbocycles. The lowest BCUT2D eigenvalue weighted by atomic mass is 10.1. The van der Waals surface area contributed by atoms with Crippen molar-refractivity contribution in [2.24, 2.45) is 0 Å². The molecular formula is C14H13NO3S. The number of aromatic nitrogens is 1. The van der Waals surface area contributed by atoms with Gasteiger partial charge in [0.2, 0.25) is 0 Å². The number of nitrogens with zero attached hydrogens (tertiary/aromatic N) is 1. The summed E-state index contributed by atoms with van der Waals surface area (Å²) in [7, 11) is 0. The highest BCUT2D eigenvalue weighted by atomic mass is 32.1. The standard InChI is InChI=1S/C14H13NO3S/c1-2-6-18-8-10-4-3-5-11(7-10)13-15-12(9-19-13)14(16)17/h2-5,7,9H,1,6,8H2,(H,16,17). The van der Waals surface area contributed by atoms with E-state index in [2.05, 4.69) is 11.6 Å². The van der Waals surface area contributed by atoms with Gasteiger partial charge in [-0.05, 0) is 11.6 Å². The fourth-order valence-corrected chi connectivity index (χ4v) is 2.35. The van der Waals surface area contributed by atoms with Crippen LogP contribution < -0.4 is 0 Å². The second-order valence-corrected chi connectivity index (χ2v) is 4.71. The van der Waals surface area contributed by atoms with Crippen molar-refractivity contribution in [3.8, 4) is 10.6 Å². The van der Waals surface area contributed by atoms with E-state index >= 15 is 0 Å². The van der Waals surface area contributed by atoms with Crippen LogP contribution in [0.15, 0.2) is 42.3 Å². The lowest BCUT2D eigenvalue weighted by molar-refractivity contribution is 0.0691. The zero-order valence-corrected chi connectivity index (χ0v) is 11.0. The largest absolute Gasteiger partial charge is 0.476 e. The molecule has 0 amide bonds. The van der Waals surface area contributed by atoms with E-state index in [1.165, 1.54) is 11.3 Å². The number of thiazole rings is 1. The van der Waals surface area contributed by atoms with E-state index in [0.717, 1.165) is 11.1 Å². The molecule has 0 spiro atoms. The van der Waals surface area contributed by atoms with Gasteiger partial charge in [-0.2, -0.15) is 0 Å². The smallest absolute Gasteiger partial charge is 0.355 e. The van der Waals surface area contributed by atoms with E-state index in [4.69, 9.17) is 9.84 Å². The fourth-order valence-electron chi connectivity index (χ4n) is 1.56. The van der Waals surface area contributed by atoms with Gasteiger partial charge in [0.1, 0.15) is 5.01 Å². The number of rotatable bonds is 6. The number of carbonyl (C=O) groups is 1. The van der Waals surface area contributed by atoms with Crippen molar-refractivity contribution in [1.82, 2.24) is 4.98 Å². The molecule has 1 heterocycles. The molecule has 0 saturated carbocycles. The zero-order chi connectivity index (χ0) is 13.7. The van der Waals surface area contributed by atoms with Gasteiger partial charge in [-0.25, -0.2) is 9.78 Å². The predicted octanol–water partition coefficient (Wildman–Crippen LogP) is 3.21. The number of hydrogen-bond acceptors (Lipinski definition) is 4. The SMILES string of the molecule is C=CCOCc1cccc(-c2nc(C(=O)O)cs2)c1. The summed E-state index contributed by atoms with van der Waals surface area (Å²) in [5.41, 5.74) is 2.00. The minimum absolute atomic E-state index is 0.0771. The number of ether oxygens (including phenoxy) is 1.